The lowest BCUT2D eigenvalue weighted by molar-refractivity contribution is 0.112. The predicted molar refractivity (Wildman–Crippen MR) is 92.2 cm³/mol. The van der Waals surface area contributed by atoms with E-state index in [0.29, 0.717) is 18.1 Å². The lowest BCUT2D eigenvalue weighted by Gasteiger charge is -2.11. The molecule has 0 amide bonds. The van der Waals surface area contributed by atoms with Crippen molar-refractivity contribution in [2.45, 2.75) is 19.4 Å². The Balaban J connectivity index is 1.65. The van der Waals surface area contributed by atoms with E-state index in [1.165, 1.54) is 0 Å². The molecule has 0 saturated heterocycles. The lowest BCUT2D eigenvalue weighted by Crippen LogP contribution is -2.03. The third kappa shape index (κ3) is 3.84. The Morgan fingerprint density at radius 1 is 0.958 bits per heavy atom. The lowest BCUT2D eigenvalue weighted by atomic mass is 9.97. The molecular formula is C20H18N2O2. The van der Waals surface area contributed by atoms with Crippen LogP contribution in [0.25, 0.3) is 0 Å². The van der Waals surface area contributed by atoms with Gasteiger partial charge in [0.05, 0.1) is 5.69 Å². The molecule has 3 aromatic rings. The second-order valence-electron chi connectivity index (χ2n) is 5.58. The highest BCUT2D eigenvalue weighted by Gasteiger charge is 2.11. The summed E-state index contributed by atoms with van der Waals surface area (Å²) in [6.45, 7) is 2.53. The van der Waals surface area contributed by atoms with Crippen LogP contribution < -0.4 is 4.74 Å². The number of aldehydes is 1. The van der Waals surface area contributed by atoms with E-state index in [1.807, 2.05) is 66.7 Å². The van der Waals surface area contributed by atoms with Crippen molar-refractivity contribution in [2.75, 3.05) is 0 Å². The predicted octanol–water partition coefficient (Wildman–Crippen LogP) is 4.02. The first-order valence-electron chi connectivity index (χ1n) is 7.82. The number of ether oxygens (including phenoxy) is 1. The van der Waals surface area contributed by atoms with Crippen molar-refractivity contribution in [1.29, 1.82) is 0 Å². The molecule has 0 fully saturated rings. The molecule has 0 radical (unpaired) electrons. The average Bonchev–Trinajstić information content (AvgIpc) is 2.67. The molecule has 4 nitrogen and oxygen atoms in total. The largest absolute Gasteiger partial charge is 0.472 e. The fraction of sp³-hybridized carbons (Fsp3) is 0.150. The SMILES string of the molecule is CC(c1ccc(C=O)cc1)c1ccc(OCc2ccccc2)nn1. The molecule has 0 spiro atoms. The van der Waals surface area contributed by atoms with Crippen LogP contribution in [0.5, 0.6) is 5.88 Å². The standard InChI is InChI=1S/C20H18N2O2/c1-15(18-9-7-16(13-23)8-10-18)19-11-12-20(22-21-19)24-14-17-5-3-2-4-6-17/h2-13,15H,14H2,1H3. The van der Waals surface area contributed by atoms with E-state index in [4.69, 9.17) is 4.74 Å². The van der Waals surface area contributed by atoms with E-state index in [1.54, 1.807) is 0 Å². The Bertz CT molecular complexity index is 784. The highest BCUT2D eigenvalue weighted by atomic mass is 16.5. The summed E-state index contributed by atoms with van der Waals surface area (Å²) in [6, 6.07) is 21.2. The second-order valence-corrected chi connectivity index (χ2v) is 5.58. The quantitative estimate of drug-likeness (QED) is 0.644. The van der Waals surface area contributed by atoms with Crippen LogP contribution in [-0.2, 0) is 6.61 Å². The Morgan fingerprint density at radius 3 is 2.33 bits per heavy atom. The Labute approximate surface area is 141 Å². The van der Waals surface area contributed by atoms with E-state index in [-0.39, 0.29) is 5.92 Å². The van der Waals surface area contributed by atoms with Gasteiger partial charge in [-0.3, -0.25) is 4.79 Å². The maximum absolute atomic E-state index is 10.7. The minimum absolute atomic E-state index is 0.0985. The smallest absolute Gasteiger partial charge is 0.233 e. The molecule has 2 aromatic carbocycles. The average molecular weight is 318 g/mol. The van der Waals surface area contributed by atoms with Gasteiger partial charge >= 0.3 is 0 Å². The third-order valence-electron chi connectivity index (χ3n) is 3.91. The number of hydrogen-bond acceptors (Lipinski definition) is 4. The molecule has 4 heteroatoms. The van der Waals surface area contributed by atoms with Crippen molar-refractivity contribution in [1.82, 2.24) is 10.2 Å². The molecule has 0 saturated carbocycles. The van der Waals surface area contributed by atoms with Crippen LogP contribution >= 0.6 is 0 Å². The van der Waals surface area contributed by atoms with Crippen LogP contribution in [0.4, 0.5) is 0 Å². The van der Waals surface area contributed by atoms with Crippen molar-refractivity contribution in [3.05, 3.63) is 89.1 Å². The van der Waals surface area contributed by atoms with Crippen LogP contribution in [0.2, 0.25) is 0 Å². The maximum atomic E-state index is 10.7. The molecule has 0 N–H and O–H groups in total. The van der Waals surface area contributed by atoms with E-state index in [0.717, 1.165) is 23.1 Å². The molecule has 1 heterocycles. The fourth-order valence-corrected chi connectivity index (χ4v) is 2.40. The monoisotopic (exact) mass is 318 g/mol. The number of benzene rings is 2. The summed E-state index contributed by atoms with van der Waals surface area (Å²) >= 11 is 0. The topological polar surface area (TPSA) is 52.1 Å². The highest BCUT2D eigenvalue weighted by Crippen LogP contribution is 2.23. The van der Waals surface area contributed by atoms with Gasteiger partial charge in [0.1, 0.15) is 12.9 Å². The van der Waals surface area contributed by atoms with Gasteiger partial charge in [-0.15, -0.1) is 5.10 Å². The molecule has 0 aliphatic carbocycles. The third-order valence-corrected chi connectivity index (χ3v) is 3.91. The van der Waals surface area contributed by atoms with Crippen LogP contribution in [0.1, 0.15) is 40.0 Å². The van der Waals surface area contributed by atoms with Gasteiger partial charge in [0.15, 0.2) is 0 Å². The van der Waals surface area contributed by atoms with Gasteiger partial charge in [0, 0.05) is 17.5 Å². The summed E-state index contributed by atoms with van der Waals surface area (Å²) in [5.74, 6) is 0.604. The molecule has 1 aromatic heterocycles. The number of hydrogen-bond donors (Lipinski definition) is 0. The minimum atomic E-state index is 0.0985. The highest BCUT2D eigenvalue weighted by molar-refractivity contribution is 5.74. The first-order chi connectivity index (χ1) is 11.8. The summed E-state index contributed by atoms with van der Waals surface area (Å²) in [5, 5.41) is 8.41. The fourth-order valence-electron chi connectivity index (χ4n) is 2.40. The van der Waals surface area contributed by atoms with Gasteiger partial charge < -0.3 is 4.74 Å². The van der Waals surface area contributed by atoms with Gasteiger partial charge in [-0.25, -0.2) is 0 Å². The van der Waals surface area contributed by atoms with E-state index < -0.39 is 0 Å². The Morgan fingerprint density at radius 2 is 1.71 bits per heavy atom. The maximum Gasteiger partial charge on any atom is 0.233 e. The summed E-state index contributed by atoms with van der Waals surface area (Å²) in [4.78, 5) is 10.7. The van der Waals surface area contributed by atoms with Gasteiger partial charge in [-0.1, -0.05) is 61.5 Å². The number of carbonyl (C=O) groups is 1. The second kappa shape index (κ2) is 7.51. The minimum Gasteiger partial charge on any atom is -0.472 e. The molecule has 120 valence electrons. The Kier molecular flexibility index (Phi) is 4.96. The van der Waals surface area contributed by atoms with Crippen LogP contribution in [0, 0.1) is 0 Å². The zero-order chi connectivity index (χ0) is 16.8. The first kappa shape index (κ1) is 15.9. The molecule has 0 aliphatic rings. The van der Waals surface area contributed by atoms with Crippen molar-refractivity contribution < 1.29 is 9.53 Å². The summed E-state index contributed by atoms with van der Waals surface area (Å²) in [6.07, 6.45) is 0.840. The number of nitrogens with zero attached hydrogens (tertiary/aromatic N) is 2. The van der Waals surface area contributed by atoms with E-state index in [2.05, 4.69) is 17.1 Å². The van der Waals surface area contributed by atoms with Crippen molar-refractivity contribution in [2.24, 2.45) is 0 Å². The molecular weight excluding hydrogens is 300 g/mol. The molecule has 1 atom stereocenters. The van der Waals surface area contributed by atoms with Gasteiger partial charge in [-0.05, 0) is 17.2 Å². The zero-order valence-electron chi connectivity index (χ0n) is 13.4. The summed E-state index contributed by atoms with van der Waals surface area (Å²) < 4.78 is 5.65. The molecule has 24 heavy (non-hydrogen) atoms. The van der Waals surface area contributed by atoms with Crippen molar-refractivity contribution >= 4 is 6.29 Å². The van der Waals surface area contributed by atoms with Crippen LogP contribution in [0.15, 0.2) is 66.7 Å². The van der Waals surface area contributed by atoms with Crippen LogP contribution in [0.3, 0.4) is 0 Å². The number of rotatable bonds is 6. The molecule has 3 rings (SSSR count). The summed E-state index contributed by atoms with van der Waals surface area (Å²) in [5.41, 5.74) is 3.71. The molecule has 0 aliphatic heterocycles. The number of carbonyl (C=O) groups excluding carboxylic acids is 1. The van der Waals surface area contributed by atoms with Gasteiger partial charge in [0.2, 0.25) is 5.88 Å². The number of aromatic nitrogens is 2. The summed E-state index contributed by atoms with van der Waals surface area (Å²) in [7, 11) is 0. The Hall–Kier alpha value is -3.01. The van der Waals surface area contributed by atoms with E-state index in [9.17, 15) is 4.79 Å². The van der Waals surface area contributed by atoms with Crippen molar-refractivity contribution in [3.63, 3.8) is 0 Å². The molecule has 1 unspecified atom stereocenters. The van der Waals surface area contributed by atoms with Crippen LogP contribution in [-0.4, -0.2) is 16.5 Å². The van der Waals surface area contributed by atoms with Gasteiger partial charge in [-0.2, -0.15) is 5.10 Å². The first-order valence-corrected chi connectivity index (χ1v) is 7.82. The molecule has 0 bridgehead atoms. The van der Waals surface area contributed by atoms with E-state index >= 15 is 0 Å². The normalized spacial score (nSPS) is 11.7. The van der Waals surface area contributed by atoms with Gasteiger partial charge in [0.25, 0.3) is 0 Å². The van der Waals surface area contributed by atoms with Crippen molar-refractivity contribution in [3.8, 4) is 5.88 Å². The zero-order valence-corrected chi connectivity index (χ0v) is 13.4.